The Kier molecular flexibility index (Phi) is 31.4. The average molecular weight is 757 g/mol. The van der Waals surface area contributed by atoms with Gasteiger partial charge in [-0.1, -0.05) is 117 Å². The molecule has 0 aromatic heterocycles. The third-order valence-electron chi connectivity index (χ3n) is 7.66. The van der Waals surface area contributed by atoms with Crippen molar-refractivity contribution in [2.24, 2.45) is 0 Å². The number of carbonyl (C=O) groups is 2. The molecule has 0 N–H and O–H groups in total. The summed E-state index contributed by atoms with van der Waals surface area (Å²) in [5.74, 6) is -0.169. The molecular weight excluding hydrogens is 703 g/mol. The van der Waals surface area contributed by atoms with Crippen LogP contribution in [0.3, 0.4) is 0 Å². The largest absolute Gasteiger partial charge is 1.00 e. The van der Waals surface area contributed by atoms with Gasteiger partial charge in [-0.3, -0.25) is 9.59 Å². The number of esters is 2. The molecule has 0 heterocycles. The fourth-order valence-electron chi connectivity index (χ4n) is 4.87. The van der Waals surface area contributed by atoms with Crippen molar-refractivity contribution in [3.8, 4) is 11.5 Å². The van der Waals surface area contributed by atoms with Crippen LogP contribution in [0.25, 0.3) is 0 Å². The number of ether oxygens (including phenoxy) is 2. The molecule has 0 saturated heterocycles. The Balaban J connectivity index is 0. The zero-order valence-corrected chi connectivity index (χ0v) is 36.3. The van der Waals surface area contributed by atoms with Gasteiger partial charge in [0, 0.05) is 12.8 Å². The van der Waals surface area contributed by atoms with E-state index in [9.17, 15) is 35.5 Å². The fourth-order valence-corrected chi connectivity index (χ4v) is 5.81. The first-order valence-corrected chi connectivity index (χ1v) is 20.2. The second-order valence-corrected chi connectivity index (χ2v) is 14.7. The standard InChI is InChI=1S/2C18H28O5S.2Na/c2*1-2-3-4-5-6-7-8-9-10-11-18(19)23-16-12-14-17(15-13-16)24(20,21)22;;/h2*12-15H,2-11H2,1H3,(H,20,21,22);;/q;;2*+1/p-2. The summed E-state index contributed by atoms with van der Waals surface area (Å²) in [4.78, 5) is 22.7. The molecule has 0 bridgehead atoms. The predicted molar refractivity (Wildman–Crippen MR) is 184 cm³/mol. The van der Waals surface area contributed by atoms with E-state index in [0.29, 0.717) is 12.8 Å². The topological polar surface area (TPSA) is 167 Å². The molecule has 0 spiro atoms. The van der Waals surface area contributed by atoms with Crippen LogP contribution >= 0.6 is 0 Å². The number of hydrogen-bond acceptors (Lipinski definition) is 10. The first-order valence-electron chi connectivity index (χ1n) is 17.4. The summed E-state index contributed by atoms with van der Waals surface area (Å²) in [6, 6.07) is 9.84. The summed E-state index contributed by atoms with van der Waals surface area (Å²) in [7, 11) is -8.94. The monoisotopic (exact) mass is 756 g/mol. The van der Waals surface area contributed by atoms with Gasteiger partial charge in [-0.2, -0.15) is 0 Å². The van der Waals surface area contributed by atoms with Crippen LogP contribution in [0, 0.1) is 0 Å². The minimum Gasteiger partial charge on any atom is -0.744 e. The van der Waals surface area contributed by atoms with E-state index in [1.54, 1.807) is 0 Å². The van der Waals surface area contributed by atoms with Crippen molar-refractivity contribution in [3.63, 3.8) is 0 Å². The molecule has 0 fully saturated rings. The van der Waals surface area contributed by atoms with Gasteiger partial charge in [0.05, 0.1) is 9.79 Å². The number of rotatable bonds is 24. The van der Waals surface area contributed by atoms with E-state index in [1.165, 1.54) is 101 Å². The first-order chi connectivity index (χ1) is 22.9. The van der Waals surface area contributed by atoms with Crippen molar-refractivity contribution in [2.75, 3.05) is 0 Å². The molecule has 0 atom stereocenters. The third-order valence-corrected chi connectivity index (χ3v) is 9.36. The maximum absolute atomic E-state index is 11.7. The van der Waals surface area contributed by atoms with Gasteiger partial charge in [0.2, 0.25) is 0 Å². The van der Waals surface area contributed by atoms with Crippen LogP contribution in [0.5, 0.6) is 11.5 Å². The van der Waals surface area contributed by atoms with Gasteiger partial charge in [0.15, 0.2) is 0 Å². The summed E-state index contributed by atoms with van der Waals surface area (Å²) >= 11 is 0. The average Bonchev–Trinajstić information content (AvgIpc) is 3.03. The maximum atomic E-state index is 11.7. The molecule has 2 aromatic rings. The molecule has 0 unspecified atom stereocenters. The molecule has 14 heteroatoms. The third kappa shape index (κ3) is 26.9. The van der Waals surface area contributed by atoms with Crippen molar-refractivity contribution in [3.05, 3.63) is 48.5 Å². The molecule has 10 nitrogen and oxygen atoms in total. The number of hydrogen-bond donors (Lipinski definition) is 0. The minimum absolute atomic E-state index is 0. The Morgan fingerprint density at radius 1 is 0.460 bits per heavy atom. The predicted octanol–water partition coefficient (Wildman–Crippen LogP) is 2.84. The maximum Gasteiger partial charge on any atom is 1.00 e. The summed E-state index contributed by atoms with van der Waals surface area (Å²) in [6.07, 6.45) is 21.9. The van der Waals surface area contributed by atoms with Crippen LogP contribution in [0.4, 0.5) is 0 Å². The molecule has 0 amide bonds. The van der Waals surface area contributed by atoms with E-state index in [-0.39, 0.29) is 92.3 Å². The Hall–Kier alpha value is -0.800. The Bertz CT molecular complexity index is 1280. The molecule has 0 aliphatic carbocycles. The molecular formula is C36H54Na2O10S2. The van der Waals surface area contributed by atoms with E-state index in [1.807, 2.05) is 0 Å². The van der Waals surface area contributed by atoms with E-state index in [4.69, 9.17) is 9.47 Å². The first kappa shape index (κ1) is 51.3. The van der Waals surface area contributed by atoms with Gasteiger partial charge in [-0.05, 0) is 61.4 Å². The van der Waals surface area contributed by atoms with Crippen LogP contribution in [0.15, 0.2) is 58.3 Å². The second kappa shape index (κ2) is 30.6. The van der Waals surface area contributed by atoms with Crippen molar-refractivity contribution >= 4 is 32.2 Å². The molecule has 272 valence electrons. The van der Waals surface area contributed by atoms with Crippen molar-refractivity contribution < 1.29 is 104 Å². The summed E-state index contributed by atoms with van der Waals surface area (Å²) in [6.45, 7) is 4.42. The zero-order chi connectivity index (χ0) is 35.7. The van der Waals surface area contributed by atoms with Crippen molar-refractivity contribution in [1.29, 1.82) is 0 Å². The molecule has 0 aliphatic rings. The van der Waals surface area contributed by atoms with Gasteiger partial charge in [0.25, 0.3) is 0 Å². The summed E-state index contributed by atoms with van der Waals surface area (Å²) in [5, 5.41) is 0. The second-order valence-electron chi connectivity index (χ2n) is 12.0. The molecule has 2 rings (SSSR count). The van der Waals surface area contributed by atoms with E-state index in [0.717, 1.165) is 62.8 Å². The SMILES string of the molecule is CCCCCCCCCCCC(=O)Oc1ccc(S(=O)(=O)[O-])cc1.CCCCCCCCCCCC(=O)Oc1ccc(S(=O)(=O)[O-])cc1.[Na+].[Na+]. The van der Waals surface area contributed by atoms with Gasteiger partial charge >= 0.3 is 71.1 Å². The zero-order valence-electron chi connectivity index (χ0n) is 30.7. The molecule has 0 aliphatic heterocycles. The minimum atomic E-state index is -4.47. The number of carbonyl (C=O) groups excluding carboxylic acids is 2. The van der Waals surface area contributed by atoms with Crippen LogP contribution < -0.4 is 68.6 Å². The van der Waals surface area contributed by atoms with Crippen LogP contribution in [-0.4, -0.2) is 37.9 Å². The van der Waals surface area contributed by atoms with Crippen LogP contribution in [-0.2, 0) is 29.8 Å². The van der Waals surface area contributed by atoms with Gasteiger partial charge in [0.1, 0.15) is 31.7 Å². The summed E-state index contributed by atoms with van der Waals surface area (Å²) in [5.41, 5.74) is 0. The molecule has 0 saturated carbocycles. The number of benzene rings is 2. The van der Waals surface area contributed by atoms with Crippen molar-refractivity contribution in [2.45, 2.75) is 152 Å². The Labute approximate surface area is 345 Å². The molecule has 50 heavy (non-hydrogen) atoms. The normalized spacial score (nSPS) is 11.0. The summed E-state index contributed by atoms with van der Waals surface area (Å²) < 4.78 is 75.1. The smallest absolute Gasteiger partial charge is 0.744 e. The Morgan fingerprint density at radius 3 is 0.940 bits per heavy atom. The van der Waals surface area contributed by atoms with Crippen LogP contribution in [0.2, 0.25) is 0 Å². The molecule has 2 aromatic carbocycles. The van der Waals surface area contributed by atoms with E-state index in [2.05, 4.69) is 13.8 Å². The van der Waals surface area contributed by atoms with Crippen molar-refractivity contribution in [1.82, 2.24) is 0 Å². The van der Waals surface area contributed by atoms with Crippen LogP contribution in [0.1, 0.15) is 142 Å². The van der Waals surface area contributed by atoms with Gasteiger partial charge < -0.3 is 18.6 Å². The Morgan fingerprint density at radius 2 is 0.700 bits per heavy atom. The van der Waals surface area contributed by atoms with Gasteiger partial charge in [-0.25, -0.2) is 16.8 Å². The van der Waals surface area contributed by atoms with Gasteiger partial charge in [-0.15, -0.1) is 0 Å². The fraction of sp³-hybridized carbons (Fsp3) is 0.611. The number of unbranched alkanes of at least 4 members (excludes halogenated alkanes) is 16. The quantitative estimate of drug-likeness (QED) is 0.0511. The molecule has 0 radical (unpaired) electrons. The van der Waals surface area contributed by atoms with E-state index >= 15 is 0 Å². The van der Waals surface area contributed by atoms with E-state index < -0.39 is 20.2 Å².